The topological polar surface area (TPSA) is 0 Å². The summed E-state index contributed by atoms with van der Waals surface area (Å²) in [5.74, 6) is 0. The largest absolute Gasteiger partial charge is 3.00 e. The Morgan fingerprint density at radius 2 is 1.71 bits per heavy atom. The van der Waals surface area contributed by atoms with Crippen molar-refractivity contribution in [3.63, 3.8) is 0 Å². The molecule has 0 aromatic heterocycles. The van der Waals surface area contributed by atoms with Crippen molar-refractivity contribution in [1.82, 2.24) is 0 Å². The van der Waals surface area contributed by atoms with Crippen LogP contribution in [0.1, 0.15) is 11.1 Å². The molecule has 1 heteroatoms. The van der Waals surface area contributed by atoms with Crippen LogP contribution in [0.15, 0.2) is 30.3 Å². The van der Waals surface area contributed by atoms with Gasteiger partial charge < -0.3 is 14.9 Å². The molecule has 0 aliphatic rings. The smallest absolute Gasteiger partial charge is 0.358 e. The van der Waals surface area contributed by atoms with Gasteiger partial charge in [-0.1, -0.05) is 18.6 Å². The van der Waals surface area contributed by atoms with Gasteiger partial charge in [0.05, 0.1) is 0 Å². The zero-order valence-electron chi connectivity index (χ0n) is 9.39. The van der Waals surface area contributed by atoms with Crippen LogP contribution in [0.3, 0.4) is 0 Å². The maximum Gasteiger partial charge on any atom is 3.00 e. The van der Waals surface area contributed by atoms with Crippen LogP contribution in [-0.2, 0) is 26.2 Å². The first-order valence-corrected chi connectivity index (χ1v) is 3.90. The predicted molar refractivity (Wildman–Crippen MR) is 61.8 cm³/mol. The fraction of sp³-hybridized carbons (Fsp3) is 0.154. The monoisotopic (exact) mass is 263 g/mol. The molecule has 2 aromatic carbocycles. The van der Waals surface area contributed by atoms with E-state index in [0.29, 0.717) is 0 Å². The van der Waals surface area contributed by atoms with E-state index >= 15 is 0 Å². The number of rotatable bonds is 0. The maximum absolute atomic E-state index is 2.24. The summed E-state index contributed by atoms with van der Waals surface area (Å²) in [5, 5.41) is 2.76. The summed E-state index contributed by atoms with van der Waals surface area (Å²) in [4.78, 5) is 0. The van der Waals surface area contributed by atoms with Crippen molar-refractivity contribution in [3.8, 4) is 0 Å². The Morgan fingerprint density at radius 3 is 2.29 bits per heavy atom. The third-order valence-electron chi connectivity index (χ3n) is 2.11. The summed E-state index contributed by atoms with van der Waals surface area (Å²) in [6, 6.07) is 10.9. The zero-order chi connectivity index (χ0) is 7.84. The Kier molecular flexibility index (Phi) is 7.21. The summed E-state index contributed by atoms with van der Waals surface area (Å²) in [6.07, 6.45) is 0. The van der Waals surface area contributed by atoms with E-state index in [1.165, 1.54) is 21.9 Å². The molecule has 0 aliphatic heterocycles. The van der Waals surface area contributed by atoms with Crippen molar-refractivity contribution in [3.05, 3.63) is 56.3 Å². The molecule has 0 spiro atoms. The van der Waals surface area contributed by atoms with Gasteiger partial charge in [0.15, 0.2) is 0 Å². The average molecular weight is 265 g/mol. The molecule has 0 N–H and O–H groups in total. The molecular weight excluding hydrogens is 247 g/mol. The van der Waals surface area contributed by atoms with Crippen LogP contribution in [0.5, 0.6) is 0 Å². The Labute approximate surface area is 107 Å². The third-order valence-corrected chi connectivity index (χ3v) is 2.11. The molecule has 0 bridgehead atoms. The Morgan fingerprint density at radius 1 is 1.07 bits per heavy atom. The fourth-order valence-corrected chi connectivity index (χ4v) is 1.54. The zero-order valence-corrected chi connectivity index (χ0v) is 11.8. The molecule has 0 unspecified atom stereocenters. The maximum atomic E-state index is 2.24. The quantitative estimate of drug-likeness (QED) is 0.629. The van der Waals surface area contributed by atoms with Crippen molar-refractivity contribution in [1.29, 1.82) is 0 Å². The molecule has 0 fully saturated rings. The number of aryl methyl sites for hydroxylation is 2. The van der Waals surface area contributed by atoms with Crippen molar-refractivity contribution >= 4 is 10.8 Å². The van der Waals surface area contributed by atoms with Gasteiger partial charge in [-0.15, -0.1) is 34.5 Å². The molecule has 0 saturated carbocycles. The standard InChI is InChI=1S/C11H11.2CH3.Zr/c1-8-6-10-5-3-4-9(2)11(10)7-8;;;/h3-7H,1-2H3;2*1H3;/q3*-1;+3. The number of benzene rings is 1. The van der Waals surface area contributed by atoms with Crippen molar-refractivity contribution in [2.24, 2.45) is 0 Å². The van der Waals surface area contributed by atoms with Gasteiger partial charge in [0.2, 0.25) is 0 Å². The van der Waals surface area contributed by atoms with Gasteiger partial charge in [-0.3, -0.25) is 0 Å². The average Bonchev–Trinajstić information content (AvgIpc) is 2.31. The molecular formula is C13H17Zr. The van der Waals surface area contributed by atoms with Gasteiger partial charge in [0, 0.05) is 0 Å². The molecule has 2 aromatic rings. The Bertz CT molecular complexity index is 385. The predicted octanol–water partition coefficient (Wildman–Crippen LogP) is 4.07. The molecule has 14 heavy (non-hydrogen) atoms. The van der Waals surface area contributed by atoms with E-state index in [4.69, 9.17) is 0 Å². The first-order valence-electron chi connectivity index (χ1n) is 3.90. The van der Waals surface area contributed by atoms with Crippen LogP contribution in [0.25, 0.3) is 10.8 Å². The molecule has 0 atom stereocenters. The number of fused-ring (bicyclic) bond motifs is 1. The van der Waals surface area contributed by atoms with E-state index in [2.05, 4.69) is 44.2 Å². The van der Waals surface area contributed by atoms with Crippen LogP contribution in [0.2, 0.25) is 0 Å². The van der Waals surface area contributed by atoms with Gasteiger partial charge in [-0.05, 0) is 6.92 Å². The first kappa shape index (κ1) is 16.2. The van der Waals surface area contributed by atoms with Crippen molar-refractivity contribution in [2.75, 3.05) is 0 Å². The molecule has 2 rings (SSSR count). The van der Waals surface area contributed by atoms with E-state index in [0.717, 1.165) is 0 Å². The molecule has 0 saturated heterocycles. The van der Waals surface area contributed by atoms with Crippen molar-refractivity contribution in [2.45, 2.75) is 13.8 Å². The normalized spacial score (nSPS) is 8.43. The van der Waals surface area contributed by atoms with Crippen LogP contribution in [0.4, 0.5) is 0 Å². The van der Waals surface area contributed by atoms with Crippen LogP contribution in [-0.4, -0.2) is 0 Å². The third kappa shape index (κ3) is 2.85. The summed E-state index contributed by atoms with van der Waals surface area (Å²) < 4.78 is 0. The number of hydrogen-bond donors (Lipinski definition) is 0. The minimum absolute atomic E-state index is 0. The van der Waals surface area contributed by atoms with Gasteiger partial charge >= 0.3 is 26.2 Å². The summed E-state index contributed by atoms with van der Waals surface area (Å²) in [7, 11) is 0. The number of hydrogen-bond acceptors (Lipinski definition) is 0. The van der Waals surface area contributed by atoms with E-state index in [1.54, 1.807) is 0 Å². The van der Waals surface area contributed by atoms with Gasteiger partial charge in [-0.25, -0.2) is 0 Å². The fourth-order valence-electron chi connectivity index (χ4n) is 1.54. The van der Waals surface area contributed by atoms with E-state index in [9.17, 15) is 0 Å². The minimum atomic E-state index is 0. The van der Waals surface area contributed by atoms with E-state index in [-0.39, 0.29) is 41.1 Å². The summed E-state index contributed by atoms with van der Waals surface area (Å²) >= 11 is 0. The second-order valence-electron chi connectivity index (χ2n) is 3.11. The van der Waals surface area contributed by atoms with Gasteiger partial charge in [0.25, 0.3) is 0 Å². The molecule has 1 radical (unpaired) electrons. The second kappa shape index (κ2) is 6.24. The van der Waals surface area contributed by atoms with Crippen LogP contribution < -0.4 is 0 Å². The van der Waals surface area contributed by atoms with Crippen LogP contribution in [0, 0.1) is 28.7 Å². The minimum Gasteiger partial charge on any atom is -0.358 e. The first-order chi connectivity index (χ1) is 5.27. The van der Waals surface area contributed by atoms with Crippen molar-refractivity contribution < 1.29 is 26.2 Å². The Balaban J connectivity index is 0. The van der Waals surface area contributed by atoms with E-state index in [1.807, 2.05) is 0 Å². The van der Waals surface area contributed by atoms with Gasteiger partial charge in [-0.2, -0.15) is 6.07 Å². The molecule has 0 nitrogen and oxygen atoms in total. The second-order valence-corrected chi connectivity index (χ2v) is 3.11. The molecule has 0 amide bonds. The van der Waals surface area contributed by atoms with E-state index < -0.39 is 0 Å². The summed E-state index contributed by atoms with van der Waals surface area (Å²) in [6.45, 7) is 4.29. The van der Waals surface area contributed by atoms with Crippen LogP contribution >= 0.6 is 0 Å². The Hall–Kier alpha value is -0.287. The molecule has 0 heterocycles. The van der Waals surface area contributed by atoms with Gasteiger partial charge in [0.1, 0.15) is 0 Å². The summed E-state index contributed by atoms with van der Waals surface area (Å²) in [5.41, 5.74) is 2.73. The molecule has 0 aliphatic carbocycles. The molecule has 73 valence electrons. The SMILES string of the molecule is Cc1cc2c(C)cccc2[cH-]1.[CH3-].[CH3-].[Zr+3].